The quantitative estimate of drug-likeness (QED) is 0.665. The number of hydrogen-bond donors (Lipinski definition) is 0. The number of nitrogens with zero attached hydrogens (tertiary/aromatic N) is 1. The van der Waals surface area contributed by atoms with Crippen molar-refractivity contribution in [3.05, 3.63) is 40.9 Å². The van der Waals surface area contributed by atoms with Crippen LogP contribution in [0.5, 0.6) is 0 Å². The van der Waals surface area contributed by atoms with Crippen LogP contribution in [0.2, 0.25) is 32.7 Å². The molecule has 2 aromatic rings. The first kappa shape index (κ1) is 17.5. The van der Waals surface area contributed by atoms with E-state index < -0.39 is 8.24 Å². The number of rotatable bonds is 2. The predicted octanol–water partition coefficient (Wildman–Crippen LogP) is 5.12. The molecule has 0 fully saturated rings. The molecule has 4 heteroatoms. The van der Waals surface area contributed by atoms with E-state index in [0.717, 1.165) is 0 Å². The maximum absolute atomic E-state index is 3.62. The van der Waals surface area contributed by atoms with E-state index in [1.165, 1.54) is 20.9 Å². The highest BCUT2D eigenvalue weighted by Gasteiger charge is 2.21. The van der Waals surface area contributed by atoms with Gasteiger partial charge in [0.05, 0.1) is 0 Å². The zero-order chi connectivity index (χ0) is 15.3. The third-order valence-electron chi connectivity index (χ3n) is 3.21. The summed E-state index contributed by atoms with van der Waals surface area (Å²) in [5.74, 6) is 0. The number of halogens is 1. The molecule has 0 saturated carbocycles. The fourth-order valence-electron chi connectivity index (χ4n) is 1.91. The molecular formula is C16H26BrNSi2. The van der Waals surface area contributed by atoms with Gasteiger partial charge in [-0.3, -0.25) is 0 Å². The maximum Gasteiger partial charge on any atom is 0.147 e. The first-order valence-electron chi connectivity index (χ1n) is 7.24. The van der Waals surface area contributed by atoms with Crippen molar-refractivity contribution in [1.82, 2.24) is 0 Å². The Labute approximate surface area is 135 Å². The van der Waals surface area contributed by atoms with Crippen LogP contribution in [-0.4, -0.2) is 24.8 Å². The number of hydrogen-bond acceptors (Lipinski definition) is 1. The highest BCUT2D eigenvalue weighted by atomic mass is 79.9. The molecule has 2 aromatic carbocycles. The van der Waals surface area contributed by atoms with Crippen LogP contribution in [0.4, 0.5) is 5.69 Å². The van der Waals surface area contributed by atoms with E-state index in [1.807, 2.05) is 0 Å². The van der Waals surface area contributed by atoms with E-state index in [4.69, 9.17) is 0 Å². The van der Waals surface area contributed by atoms with Crippen LogP contribution >= 0.6 is 15.9 Å². The normalized spacial score (nSPS) is 10.9. The molecule has 0 saturated heterocycles. The SMILES string of the molecule is CN(c1cccc2c(Br)cccc12)[Si](C)(C)C.C[SiH2]C. The summed E-state index contributed by atoms with van der Waals surface area (Å²) < 4.78 is 3.63. The Hall–Kier alpha value is -0.586. The molecule has 1 nitrogen and oxygen atoms in total. The Morgan fingerprint density at radius 3 is 2.00 bits per heavy atom. The van der Waals surface area contributed by atoms with Crippen LogP contribution in [0.3, 0.4) is 0 Å². The van der Waals surface area contributed by atoms with Crippen LogP contribution < -0.4 is 4.57 Å². The fourth-order valence-corrected chi connectivity index (χ4v) is 3.32. The summed E-state index contributed by atoms with van der Waals surface area (Å²) in [4.78, 5) is 0. The van der Waals surface area contributed by atoms with Gasteiger partial charge in [0, 0.05) is 25.1 Å². The molecule has 0 N–H and O–H groups in total. The maximum atomic E-state index is 3.62. The number of fused-ring (bicyclic) bond motifs is 1. The lowest BCUT2D eigenvalue weighted by Gasteiger charge is -2.33. The van der Waals surface area contributed by atoms with E-state index in [2.05, 4.69) is 96.7 Å². The minimum Gasteiger partial charge on any atom is -0.400 e. The van der Waals surface area contributed by atoms with Gasteiger partial charge in [0.1, 0.15) is 8.24 Å². The molecule has 0 aliphatic heterocycles. The van der Waals surface area contributed by atoms with Crippen molar-refractivity contribution in [2.75, 3.05) is 11.6 Å². The summed E-state index contributed by atoms with van der Waals surface area (Å²) >= 11 is 3.62. The van der Waals surface area contributed by atoms with Crippen LogP contribution in [0.15, 0.2) is 40.9 Å². The molecule has 2 rings (SSSR count). The van der Waals surface area contributed by atoms with Crippen LogP contribution in [0, 0.1) is 0 Å². The molecule has 0 aliphatic carbocycles. The standard InChI is InChI=1S/C14H18BrNSi.C2H8Si/c1-16(17(2,3)4)14-10-6-7-11-12(14)8-5-9-13(11)15;1-3-2/h5-10H,1-4H3;3H2,1-2H3. The third kappa shape index (κ3) is 4.20. The van der Waals surface area contributed by atoms with Gasteiger partial charge in [-0.1, -0.05) is 72.9 Å². The van der Waals surface area contributed by atoms with Crippen molar-refractivity contribution in [2.24, 2.45) is 0 Å². The van der Waals surface area contributed by atoms with Gasteiger partial charge < -0.3 is 4.57 Å². The first-order valence-corrected chi connectivity index (χ1v) is 14.3. The second-order valence-electron chi connectivity index (χ2n) is 6.05. The molecule has 0 spiro atoms. The van der Waals surface area contributed by atoms with Gasteiger partial charge in [0.2, 0.25) is 0 Å². The molecule has 0 heterocycles. The Kier molecular flexibility index (Phi) is 6.49. The average molecular weight is 368 g/mol. The third-order valence-corrected chi connectivity index (χ3v) is 6.16. The highest BCUT2D eigenvalue weighted by molar-refractivity contribution is 9.10. The molecule has 0 atom stereocenters. The fraction of sp³-hybridized carbons (Fsp3) is 0.375. The van der Waals surface area contributed by atoms with Crippen molar-refractivity contribution >= 4 is 50.1 Å². The lowest BCUT2D eigenvalue weighted by molar-refractivity contribution is 1.26. The number of anilines is 1. The van der Waals surface area contributed by atoms with Crippen molar-refractivity contribution in [3.8, 4) is 0 Å². The second kappa shape index (κ2) is 7.43. The lowest BCUT2D eigenvalue weighted by atomic mass is 10.1. The Bertz CT molecular complexity index is 564. The van der Waals surface area contributed by atoms with E-state index in [-0.39, 0.29) is 0 Å². The lowest BCUT2D eigenvalue weighted by Crippen LogP contribution is -2.43. The van der Waals surface area contributed by atoms with Gasteiger partial charge in [-0.2, -0.15) is 0 Å². The van der Waals surface area contributed by atoms with E-state index >= 15 is 0 Å². The minimum atomic E-state index is -1.32. The summed E-state index contributed by atoms with van der Waals surface area (Å²) in [6.45, 7) is 11.6. The van der Waals surface area contributed by atoms with Crippen LogP contribution in [0.25, 0.3) is 10.8 Å². The minimum absolute atomic E-state index is 0.417. The summed E-state index contributed by atoms with van der Waals surface area (Å²) in [5, 5.41) is 2.61. The van der Waals surface area contributed by atoms with Crippen molar-refractivity contribution in [2.45, 2.75) is 32.7 Å². The Balaban J connectivity index is 0.000000612. The van der Waals surface area contributed by atoms with Crippen molar-refractivity contribution in [3.63, 3.8) is 0 Å². The number of benzene rings is 2. The van der Waals surface area contributed by atoms with Crippen molar-refractivity contribution in [1.29, 1.82) is 0 Å². The van der Waals surface area contributed by atoms with Crippen LogP contribution in [-0.2, 0) is 0 Å². The zero-order valence-electron chi connectivity index (χ0n) is 13.5. The summed E-state index contributed by atoms with van der Waals surface area (Å²) in [5.41, 5.74) is 1.34. The van der Waals surface area contributed by atoms with Crippen molar-refractivity contribution < 1.29 is 0 Å². The van der Waals surface area contributed by atoms with Gasteiger partial charge in [0.25, 0.3) is 0 Å². The van der Waals surface area contributed by atoms with Crippen LogP contribution in [0.1, 0.15) is 0 Å². The van der Waals surface area contributed by atoms with Gasteiger partial charge in [-0.05, 0) is 24.6 Å². The zero-order valence-corrected chi connectivity index (χ0v) is 17.5. The summed E-state index contributed by atoms with van der Waals surface area (Å²) in [6, 6.07) is 12.9. The highest BCUT2D eigenvalue weighted by Crippen LogP contribution is 2.32. The predicted molar refractivity (Wildman–Crippen MR) is 104 cm³/mol. The molecule has 0 aromatic heterocycles. The second-order valence-corrected chi connectivity index (χ2v) is 13.3. The van der Waals surface area contributed by atoms with E-state index in [9.17, 15) is 0 Å². The largest absolute Gasteiger partial charge is 0.400 e. The molecule has 0 bridgehead atoms. The summed E-state index contributed by atoms with van der Waals surface area (Å²) in [7, 11) is 1.31. The van der Waals surface area contributed by atoms with E-state index in [0.29, 0.717) is 9.52 Å². The Morgan fingerprint density at radius 1 is 0.950 bits per heavy atom. The van der Waals surface area contributed by atoms with E-state index in [1.54, 1.807) is 0 Å². The smallest absolute Gasteiger partial charge is 0.147 e. The topological polar surface area (TPSA) is 3.24 Å². The monoisotopic (exact) mass is 367 g/mol. The molecule has 110 valence electrons. The van der Waals surface area contributed by atoms with Gasteiger partial charge in [-0.15, -0.1) is 0 Å². The van der Waals surface area contributed by atoms with Gasteiger partial charge in [-0.25, -0.2) is 0 Å². The Morgan fingerprint density at radius 2 is 1.45 bits per heavy atom. The molecule has 0 radical (unpaired) electrons. The summed E-state index contributed by atoms with van der Waals surface area (Å²) in [6.07, 6.45) is 0. The first-order chi connectivity index (χ1) is 9.32. The molecule has 0 unspecified atom stereocenters. The van der Waals surface area contributed by atoms with Gasteiger partial charge >= 0.3 is 0 Å². The molecular weight excluding hydrogens is 342 g/mol. The molecule has 0 amide bonds. The average Bonchev–Trinajstić information content (AvgIpc) is 2.38. The van der Waals surface area contributed by atoms with Gasteiger partial charge in [0.15, 0.2) is 0 Å². The molecule has 20 heavy (non-hydrogen) atoms. The molecule has 0 aliphatic rings.